The van der Waals surface area contributed by atoms with E-state index in [1.165, 1.54) is 11.1 Å². The van der Waals surface area contributed by atoms with Crippen LogP contribution in [-0.4, -0.2) is 25.0 Å². The van der Waals surface area contributed by atoms with E-state index in [1.807, 2.05) is 41.1 Å². The predicted octanol–water partition coefficient (Wildman–Crippen LogP) is 4.79. The van der Waals surface area contributed by atoms with Crippen molar-refractivity contribution < 1.29 is 0 Å². The van der Waals surface area contributed by atoms with E-state index in [0.717, 1.165) is 36.6 Å². The third-order valence-corrected chi connectivity index (χ3v) is 4.99. The molecule has 29 heavy (non-hydrogen) atoms. The Hall–Kier alpha value is -3.28. The molecule has 6 nitrogen and oxygen atoms in total. The van der Waals surface area contributed by atoms with Crippen LogP contribution in [0.1, 0.15) is 49.7 Å². The summed E-state index contributed by atoms with van der Waals surface area (Å²) in [5.74, 6) is 1.58. The summed E-state index contributed by atoms with van der Waals surface area (Å²) < 4.78 is 1.86. The van der Waals surface area contributed by atoms with Crippen LogP contribution >= 0.6 is 0 Å². The molecule has 0 aliphatic heterocycles. The molecule has 1 unspecified atom stereocenters. The van der Waals surface area contributed by atoms with Crippen LogP contribution in [-0.2, 0) is 13.0 Å². The van der Waals surface area contributed by atoms with E-state index < -0.39 is 0 Å². The molecule has 0 spiro atoms. The van der Waals surface area contributed by atoms with E-state index in [9.17, 15) is 0 Å². The third-order valence-electron chi connectivity index (χ3n) is 4.99. The minimum Gasteiger partial charge on any atom is -0.362 e. The first kappa shape index (κ1) is 19.1. The fraction of sp³-hybridized carbons (Fsp3) is 0.304. The van der Waals surface area contributed by atoms with Gasteiger partial charge in [-0.15, -0.1) is 5.10 Å². The number of anilines is 1. The summed E-state index contributed by atoms with van der Waals surface area (Å²) in [6, 6.07) is 20.7. The van der Waals surface area contributed by atoms with E-state index in [2.05, 4.69) is 53.7 Å². The highest BCUT2D eigenvalue weighted by atomic mass is 15.4. The minimum atomic E-state index is 0.104. The predicted molar refractivity (Wildman–Crippen MR) is 116 cm³/mol. The van der Waals surface area contributed by atoms with Crippen LogP contribution in [0.15, 0.2) is 60.7 Å². The van der Waals surface area contributed by atoms with Crippen molar-refractivity contribution in [3.63, 3.8) is 0 Å². The molecule has 0 saturated heterocycles. The van der Waals surface area contributed by atoms with Crippen LogP contribution in [0.5, 0.6) is 0 Å². The zero-order valence-corrected chi connectivity index (χ0v) is 16.9. The highest BCUT2D eigenvalue weighted by Crippen LogP contribution is 2.24. The molecule has 1 atom stereocenters. The second kappa shape index (κ2) is 8.82. The number of rotatable bonds is 8. The van der Waals surface area contributed by atoms with Gasteiger partial charge < -0.3 is 5.32 Å². The number of unbranched alkanes of at least 4 members (excludes halogenated alkanes) is 1. The maximum absolute atomic E-state index is 4.80. The number of hydrogen-bond donors (Lipinski definition) is 1. The maximum Gasteiger partial charge on any atom is 0.184 e. The van der Waals surface area contributed by atoms with Crippen molar-refractivity contribution in [1.29, 1.82) is 0 Å². The van der Waals surface area contributed by atoms with Gasteiger partial charge in [0, 0.05) is 6.42 Å². The Balaban J connectivity index is 1.70. The van der Waals surface area contributed by atoms with Crippen LogP contribution in [0.2, 0.25) is 0 Å². The molecule has 2 aromatic heterocycles. The Bertz CT molecular complexity index is 1060. The summed E-state index contributed by atoms with van der Waals surface area (Å²) >= 11 is 0. The summed E-state index contributed by atoms with van der Waals surface area (Å²) in [6.07, 6.45) is 3.00. The smallest absolute Gasteiger partial charge is 0.184 e. The van der Waals surface area contributed by atoms with E-state index in [-0.39, 0.29) is 6.04 Å². The third kappa shape index (κ3) is 4.42. The summed E-state index contributed by atoms with van der Waals surface area (Å²) in [6.45, 7) is 4.94. The van der Waals surface area contributed by atoms with Crippen molar-refractivity contribution in [3.8, 4) is 0 Å². The lowest BCUT2D eigenvalue weighted by atomic mass is 10.1. The van der Waals surface area contributed by atoms with Gasteiger partial charge in [0.1, 0.15) is 5.82 Å². The number of nitrogens with zero attached hydrogens (tertiary/aromatic N) is 5. The Morgan fingerprint density at radius 2 is 1.69 bits per heavy atom. The molecule has 0 fully saturated rings. The molecule has 4 aromatic rings. The standard InChI is InChI=1S/C23H26N6/c1-3-4-15-20-25-22(24-17(2)19-13-9-6-10-14-19)21-23(26-20)29(28-27-21)16-18-11-7-5-8-12-18/h5-14,17H,3-4,15-16H2,1-2H3,(H,24,25,26). The van der Waals surface area contributed by atoms with Crippen LogP contribution in [0.25, 0.3) is 11.2 Å². The molecule has 0 aliphatic rings. The fourth-order valence-corrected chi connectivity index (χ4v) is 3.34. The molecule has 148 valence electrons. The van der Waals surface area contributed by atoms with Gasteiger partial charge in [0.15, 0.2) is 17.0 Å². The molecule has 2 heterocycles. The molecule has 4 rings (SSSR count). The molecule has 0 radical (unpaired) electrons. The Labute approximate surface area is 171 Å². The zero-order chi connectivity index (χ0) is 20.1. The van der Waals surface area contributed by atoms with Crippen LogP contribution in [0.4, 0.5) is 5.82 Å². The lowest BCUT2D eigenvalue weighted by Crippen LogP contribution is -2.11. The quantitative estimate of drug-likeness (QED) is 0.472. The van der Waals surface area contributed by atoms with Gasteiger partial charge in [0.25, 0.3) is 0 Å². The van der Waals surface area contributed by atoms with Crippen molar-refractivity contribution in [1.82, 2.24) is 25.0 Å². The van der Waals surface area contributed by atoms with Gasteiger partial charge >= 0.3 is 0 Å². The van der Waals surface area contributed by atoms with Crippen molar-refractivity contribution >= 4 is 17.0 Å². The van der Waals surface area contributed by atoms with Gasteiger partial charge in [0.2, 0.25) is 0 Å². The number of hydrogen-bond acceptors (Lipinski definition) is 5. The van der Waals surface area contributed by atoms with Crippen molar-refractivity contribution in [2.45, 2.75) is 45.7 Å². The Kier molecular flexibility index (Phi) is 5.79. The second-order valence-corrected chi connectivity index (χ2v) is 7.27. The second-order valence-electron chi connectivity index (χ2n) is 7.27. The van der Waals surface area contributed by atoms with Gasteiger partial charge in [-0.05, 0) is 24.5 Å². The Morgan fingerprint density at radius 3 is 2.41 bits per heavy atom. The highest BCUT2D eigenvalue weighted by Gasteiger charge is 2.17. The number of aromatic nitrogens is 5. The summed E-state index contributed by atoms with van der Waals surface area (Å²) in [7, 11) is 0. The van der Waals surface area contributed by atoms with Crippen LogP contribution in [0.3, 0.4) is 0 Å². The van der Waals surface area contributed by atoms with Gasteiger partial charge in [-0.1, -0.05) is 79.2 Å². The van der Waals surface area contributed by atoms with E-state index >= 15 is 0 Å². The molecule has 6 heteroatoms. The summed E-state index contributed by atoms with van der Waals surface area (Å²) in [5.41, 5.74) is 3.85. The molecule has 0 aliphatic carbocycles. The van der Waals surface area contributed by atoms with Gasteiger partial charge in [-0.25, -0.2) is 14.6 Å². The first-order chi connectivity index (χ1) is 14.2. The van der Waals surface area contributed by atoms with Gasteiger partial charge in [-0.3, -0.25) is 0 Å². The molecule has 1 N–H and O–H groups in total. The van der Waals surface area contributed by atoms with E-state index in [0.29, 0.717) is 12.1 Å². The highest BCUT2D eigenvalue weighted by molar-refractivity contribution is 5.82. The number of aryl methyl sites for hydroxylation is 1. The largest absolute Gasteiger partial charge is 0.362 e. The lowest BCUT2D eigenvalue weighted by molar-refractivity contribution is 0.661. The molecular formula is C23H26N6. The van der Waals surface area contributed by atoms with Crippen molar-refractivity contribution in [2.24, 2.45) is 0 Å². The van der Waals surface area contributed by atoms with E-state index in [1.54, 1.807) is 0 Å². The SMILES string of the molecule is CCCCc1nc(NC(C)c2ccccc2)c2nnn(Cc3ccccc3)c2n1. The van der Waals surface area contributed by atoms with Crippen LogP contribution in [0, 0.1) is 0 Å². The van der Waals surface area contributed by atoms with Gasteiger partial charge in [-0.2, -0.15) is 0 Å². The number of nitrogens with one attached hydrogen (secondary N) is 1. The molecule has 0 amide bonds. The first-order valence-corrected chi connectivity index (χ1v) is 10.2. The molecular weight excluding hydrogens is 360 g/mol. The van der Waals surface area contributed by atoms with Gasteiger partial charge in [0.05, 0.1) is 12.6 Å². The van der Waals surface area contributed by atoms with Crippen molar-refractivity contribution in [3.05, 3.63) is 77.6 Å². The topological polar surface area (TPSA) is 68.5 Å². The summed E-state index contributed by atoms with van der Waals surface area (Å²) in [4.78, 5) is 9.58. The normalized spacial score (nSPS) is 12.2. The average Bonchev–Trinajstić information content (AvgIpc) is 3.16. The van der Waals surface area contributed by atoms with Crippen LogP contribution < -0.4 is 5.32 Å². The lowest BCUT2D eigenvalue weighted by Gasteiger charge is -2.15. The molecule has 0 saturated carbocycles. The fourth-order valence-electron chi connectivity index (χ4n) is 3.34. The Morgan fingerprint density at radius 1 is 0.966 bits per heavy atom. The number of benzene rings is 2. The number of fused-ring (bicyclic) bond motifs is 1. The monoisotopic (exact) mass is 386 g/mol. The van der Waals surface area contributed by atoms with Crippen molar-refractivity contribution in [2.75, 3.05) is 5.32 Å². The first-order valence-electron chi connectivity index (χ1n) is 10.2. The maximum atomic E-state index is 4.80. The molecule has 0 bridgehead atoms. The molecule has 2 aromatic carbocycles. The summed E-state index contributed by atoms with van der Waals surface area (Å²) in [5, 5.41) is 12.3. The average molecular weight is 387 g/mol. The van der Waals surface area contributed by atoms with E-state index in [4.69, 9.17) is 9.97 Å². The zero-order valence-electron chi connectivity index (χ0n) is 16.9. The minimum absolute atomic E-state index is 0.104.